The van der Waals surface area contributed by atoms with Crippen LogP contribution in [0.1, 0.15) is 32.2 Å². The van der Waals surface area contributed by atoms with Gasteiger partial charge >= 0.3 is 0 Å². The number of aryl methyl sites for hydroxylation is 2. The highest BCUT2D eigenvalue weighted by Crippen LogP contribution is 2.27. The number of sulfonamides is 1. The first-order valence-corrected chi connectivity index (χ1v) is 8.53. The number of aromatic nitrogens is 2. The normalized spacial score (nSPS) is 12.7. The quantitative estimate of drug-likeness (QED) is 0.596. The topological polar surface area (TPSA) is 93.9 Å². The van der Waals surface area contributed by atoms with Gasteiger partial charge in [-0.15, -0.1) is 0 Å². The lowest BCUT2D eigenvalue weighted by Gasteiger charge is -2.23. The minimum atomic E-state index is -3.83. The van der Waals surface area contributed by atoms with E-state index in [0.29, 0.717) is 17.1 Å². The minimum absolute atomic E-state index is 0.252. The second kappa shape index (κ2) is 6.47. The number of oxime groups is 1. The Morgan fingerprint density at radius 2 is 1.91 bits per heavy atom. The van der Waals surface area contributed by atoms with Crippen molar-refractivity contribution in [1.29, 1.82) is 0 Å². The molecular weight excluding hydrogens is 308 g/mol. The monoisotopic (exact) mass is 330 g/mol. The highest BCUT2D eigenvalue weighted by molar-refractivity contribution is 7.92. The summed E-state index contributed by atoms with van der Waals surface area (Å²) in [5, 5.41) is 7.86. The number of hydrogen-bond acceptors (Lipinski definition) is 6. The zero-order valence-corrected chi connectivity index (χ0v) is 14.7. The third-order valence-corrected chi connectivity index (χ3v) is 3.97. The van der Waals surface area contributed by atoms with Crippen molar-refractivity contribution in [3.63, 3.8) is 0 Å². The molecule has 0 N–H and O–H groups in total. The highest BCUT2D eigenvalue weighted by Gasteiger charge is 2.34. The Hall–Kier alpha value is -1.90. The number of amides is 1. The van der Waals surface area contributed by atoms with Gasteiger partial charge in [0.15, 0.2) is 0 Å². The summed E-state index contributed by atoms with van der Waals surface area (Å²) in [4.78, 5) is 17.6. The molecule has 0 saturated heterocycles. The van der Waals surface area contributed by atoms with Gasteiger partial charge in [-0.05, 0) is 34.6 Å². The van der Waals surface area contributed by atoms with E-state index in [4.69, 9.17) is 4.84 Å². The third kappa shape index (κ3) is 3.85. The van der Waals surface area contributed by atoms with E-state index in [1.54, 1.807) is 34.7 Å². The molecule has 9 heteroatoms. The molecule has 0 aliphatic heterocycles. The molecule has 1 aromatic rings. The number of nitrogens with zero attached hydrogens (tertiary/aromatic N) is 4. The van der Waals surface area contributed by atoms with Gasteiger partial charge in [0.1, 0.15) is 5.69 Å². The molecule has 1 atom stereocenters. The summed E-state index contributed by atoms with van der Waals surface area (Å²) in [6.45, 7) is 8.21. The van der Waals surface area contributed by atoms with Crippen LogP contribution in [-0.4, -0.2) is 42.2 Å². The zero-order valence-electron chi connectivity index (χ0n) is 13.9. The maximum atomic E-state index is 12.5. The molecule has 0 aromatic carbocycles. The maximum absolute atomic E-state index is 12.5. The summed E-state index contributed by atoms with van der Waals surface area (Å²) in [5.74, 6) is -0.716. The fourth-order valence-electron chi connectivity index (χ4n) is 1.89. The van der Waals surface area contributed by atoms with Crippen molar-refractivity contribution in [2.45, 2.75) is 40.7 Å². The van der Waals surface area contributed by atoms with Gasteiger partial charge in [0.25, 0.3) is 5.91 Å². The van der Waals surface area contributed by atoms with Crippen molar-refractivity contribution >= 4 is 27.3 Å². The highest BCUT2D eigenvalue weighted by atomic mass is 32.2. The van der Waals surface area contributed by atoms with Crippen molar-refractivity contribution in [2.75, 3.05) is 10.6 Å². The number of rotatable bonds is 5. The average Bonchev–Trinajstić information content (AvgIpc) is 2.61. The molecule has 1 heterocycles. The second-order valence-electron chi connectivity index (χ2n) is 5.29. The Labute approximate surface area is 130 Å². The molecule has 0 aliphatic rings. The number of hydrogen-bond donors (Lipinski definition) is 0. The number of carbonyl (C=O) groups is 1. The van der Waals surface area contributed by atoms with Gasteiger partial charge in [0.2, 0.25) is 16.1 Å². The molecule has 124 valence electrons. The first-order valence-electron chi connectivity index (χ1n) is 6.68. The summed E-state index contributed by atoms with van der Waals surface area (Å²) in [6.07, 6.45) is -0.0682. The van der Waals surface area contributed by atoms with Crippen molar-refractivity contribution < 1.29 is 18.0 Å². The fourth-order valence-corrected chi connectivity index (χ4v) is 2.96. The molecule has 0 spiro atoms. The Balaban J connectivity index is 3.32. The van der Waals surface area contributed by atoms with Crippen LogP contribution >= 0.6 is 0 Å². The molecule has 1 unspecified atom stereocenters. The van der Waals surface area contributed by atoms with E-state index in [1.165, 1.54) is 11.6 Å². The molecule has 0 saturated carbocycles. The van der Waals surface area contributed by atoms with Gasteiger partial charge in [-0.3, -0.25) is 9.48 Å². The Bertz CT molecular complexity index is 702. The van der Waals surface area contributed by atoms with Crippen molar-refractivity contribution in [2.24, 2.45) is 12.2 Å². The molecule has 1 rings (SSSR count). The summed E-state index contributed by atoms with van der Waals surface area (Å²) in [6, 6.07) is 0. The Kier molecular flexibility index (Phi) is 5.34. The van der Waals surface area contributed by atoms with Crippen LogP contribution in [0, 0.1) is 13.8 Å². The van der Waals surface area contributed by atoms with E-state index >= 15 is 0 Å². The van der Waals surface area contributed by atoms with Gasteiger partial charge in [-0.1, -0.05) is 5.16 Å². The van der Waals surface area contributed by atoms with Crippen LogP contribution in [0.15, 0.2) is 5.16 Å². The minimum Gasteiger partial charge on any atom is -0.383 e. The van der Waals surface area contributed by atoms with Crippen molar-refractivity contribution in [3.05, 3.63) is 11.4 Å². The third-order valence-electron chi connectivity index (χ3n) is 2.95. The molecule has 0 radical (unpaired) electrons. The van der Waals surface area contributed by atoms with Crippen molar-refractivity contribution in [1.82, 2.24) is 9.78 Å². The maximum Gasteiger partial charge on any atom is 0.284 e. The molecule has 0 aliphatic carbocycles. The SMILES string of the molecule is CC(C)=NOC(C)C(=O)N(c1c(C)nn(C)c1C)S(C)(=O)=O. The lowest BCUT2D eigenvalue weighted by molar-refractivity contribution is -0.127. The molecule has 22 heavy (non-hydrogen) atoms. The van der Waals surface area contributed by atoms with E-state index in [1.807, 2.05) is 0 Å². The standard InChI is InChI=1S/C13H22N4O4S/c1-8(2)15-21-11(5)13(18)17(22(7,19)20)12-9(3)14-16(6)10(12)4/h11H,1-7H3. The number of anilines is 1. The zero-order chi connectivity index (χ0) is 17.2. The van der Waals surface area contributed by atoms with Crippen LogP contribution < -0.4 is 4.31 Å². The smallest absolute Gasteiger partial charge is 0.284 e. The largest absolute Gasteiger partial charge is 0.383 e. The van der Waals surface area contributed by atoms with Gasteiger partial charge in [-0.2, -0.15) is 9.40 Å². The van der Waals surface area contributed by atoms with Gasteiger partial charge in [-0.25, -0.2) is 8.42 Å². The van der Waals surface area contributed by atoms with Crippen molar-refractivity contribution in [3.8, 4) is 0 Å². The van der Waals surface area contributed by atoms with E-state index in [0.717, 1.165) is 10.6 Å². The van der Waals surface area contributed by atoms with E-state index in [-0.39, 0.29) is 5.69 Å². The Morgan fingerprint density at radius 1 is 1.36 bits per heavy atom. The molecule has 1 aromatic heterocycles. The first-order chi connectivity index (χ1) is 9.96. The molecule has 0 fully saturated rings. The lowest BCUT2D eigenvalue weighted by Crippen LogP contribution is -2.43. The van der Waals surface area contributed by atoms with Gasteiger partial charge in [0.05, 0.1) is 23.4 Å². The lowest BCUT2D eigenvalue weighted by atomic mass is 10.3. The predicted octanol–water partition coefficient (Wildman–Crippen LogP) is 1.13. The van der Waals surface area contributed by atoms with E-state index < -0.39 is 22.0 Å². The summed E-state index contributed by atoms with van der Waals surface area (Å²) < 4.78 is 26.5. The Morgan fingerprint density at radius 3 is 2.27 bits per heavy atom. The van der Waals surface area contributed by atoms with E-state index in [2.05, 4.69) is 10.3 Å². The second-order valence-corrected chi connectivity index (χ2v) is 7.13. The summed E-state index contributed by atoms with van der Waals surface area (Å²) in [5.41, 5.74) is 1.89. The molecular formula is C13H22N4O4S. The first kappa shape index (κ1) is 18.1. The van der Waals surface area contributed by atoms with Gasteiger partial charge < -0.3 is 4.84 Å². The van der Waals surface area contributed by atoms with Crippen LogP contribution in [0.5, 0.6) is 0 Å². The van der Waals surface area contributed by atoms with Crippen LogP contribution in [0.3, 0.4) is 0 Å². The average molecular weight is 330 g/mol. The molecule has 1 amide bonds. The summed E-state index contributed by atoms with van der Waals surface area (Å²) >= 11 is 0. The van der Waals surface area contributed by atoms with Crippen LogP contribution in [0.25, 0.3) is 0 Å². The fraction of sp³-hybridized carbons (Fsp3) is 0.615. The summed E-state index contributed by atoms with van der Waals surface area (Å²) in [7, 11) is -2.15. The predicted molar refractivity (Wildman–Crippen MR) is 84.3 cm³/mol. The van der Waals surface area contributed by atoms with Crippen LogP contribution in [-0.2, 0) is 26.7 Å². The molecule has 8 nitrogen and oxygen atoms in total. The van der Waals surface area contributed by atoms with Crippen LogP contribution in [0.4, 0.5) is 5.69 Å². The van der Waals surface area contributed by atoms with Crippen LogP contribution in [0.2, 0.25) is 0 Å². The van der Waals surface area contributed by atoms with Gasteiger partial charge in [0, 0.05) is 7.05 Å². The van der Waals surface area contributed by atoms with E-state index in [9.17, 15) is 13.2 Å². The number of carbonyl (C=O) groups excluding carboxylic acids is 1. The molecule has 0 bridgehead atoms.